The Morgan fingerprint density at radius 2 is 2.09 bits per heavy atom. The van der Waals surface area contributed by atoms with Crippen molar-refractivity contribution in [2.24, 2.45) is 0 Å². The quantitative estimate of drug-likeness (QED) is 0.564. The standard InChI is InChI=1S/C25H32N4O3.ClH/c1-5-11-32-24-19(7-6-8-21(24)17(2)3)16-29(4)23(31)10-9-18-12-20-14-26-15-22(30)28-25(20)27-13-18;/h6-10,12-13,17,26H,5,11,14-16H2,1-4H3,(H,27,28,30);1H/b10-9+;. The zero-order valence-electron chi connectivity index (χ0n) is 19.7. The van der Waals surface area contributed by atoms with Gasteiger partial charge in [0.1, 0.15) is 11.6 Å². The van der Waals surface area contributed by atoms with Crippen LogP contribution in [-0.2, 0) is 22.7 Å². The lowest BCUT2D eigenvalue weighted by atomic mass is 9.98. The maximum absolute atomic E-state index is 12.8. The average molecular weight is 473 g/mol. The number of para-hydroxylation sites is 1. The minimum atomic E-state index is -0.111. The molecular formula is C25H33ClN4O3. The van der Waals surface area contributed by atoms with Crippen molar-refractivity contribution in [1.82, 2.24) is 15.2 Å². The second-order valence-corrected chi connectivity index (χ2v) is 8.29. The fourth-order valence-electron chi connectivity index (χ4n) is 3.55. The van der Waals surface area contributed by atoms with Crippen LogP contribution in [0.25, 0.3) is 6.08 Å². The van der Waals surface area contributed by atoms with E-state index < -0.39 is 0 Å². The molecule has 2 amide bonds. The van der Waals surface area contributed by atoms with Crippen LogP contribution < -0.4 is 15.4 Å². The van der Waals surface area contributed by atoms with Gasteiger partial charge in [-0.1, -0.05) is 39.0 Å². The highest BCUT2D eigenvalue weighted by Crippen LogP contribution is 2.31. The third-order valence-electron chi connectivity index (χ3n) is 5.25. The molecule has 1 aromatic heterocycles. The molecule has 0 atom stereocenters. The number of carbonyl (C=O) groups excluding carboxylic acids is 2. The molecule has 0 fully saturated rings. The lowest BCUT2D eigenvalue weighted by Gasteiger charge is -2.21. The van der Waals surface area contributed by atoms with E-state index in [0.717, 1.165) is 34.4 Å². The van der Waals surface area contributed by atoms with Gasteiger partial charge in [0, 0.05) is 43.5 Å². The lowest BCUT2D eigenvalue weighted by molar-refractivity contribution is -0.125. The van der Waals surface area contributed by atoms with Gasteiger partial charge in [0.2, 0.25) is 11.8 Å². The zero-order valence-corrected chi connectivity index (χ0v) is 20.5. The van der Waals surface area contributed by atoms with Crippen LogP contribution >= 0.6 is 12.4 Å². The van der Waals surface area contributed by atoms with Crippen LogP contribution in [0.15, 0.2) is 36.5 Å². The van der Waals surface area contributed by atoms with E-state index in [2.05, 4.69) is 42.5 Å². The van der Waals surface area contributed by atoms with Crippen molar-refractivity contribution in [3.8, 4) is 5.75 Å². The predicted molar refractivity (Wildman–Crippen MR) is 134 cm³/mol. The van der Waals surface area contributed by atoms with E-state index in [1.54, 1.807) is 30.3 Å². The normalized spacial score (nSPS) is 13.2. The SMILES string of the molecule is CCCOc1c(CN(C)C(=O)/C=C/c2cnc3c(c2)CNCC(=O)N3)cccc1C(C)C.Cl. The number of pyridine rings is 1. The number of aromatic nitrogens is 1. The predicted octanol–water partition coefficient (Wildman–Crippen LogP) is 4.13. The molecule has 0 saturated heterocycles. The molecule has 7 nitrogen and oxygen atoms in total. The fraction of sp³-hybridized carbons (Fsp3) is 0.400. The molecular weight excluding hydrogens is 440 g/mol. The molecule has 3 rings (SSSR count). The Balaban J connectivity index is 0.00000385. The molecule has 0 radical (unpaired) electrons. The maximum atomic E-state index is 12.8. The van der Waals surface area contributed by atoms with E-state index in [1.807, 2.05) is 18.2 Å². The van der Waals surface area contributed by atoms with Crippen molar-refractivity contribution in [3.63, 3.8) is 0 Å². The van der Waals surface area contributed by atoms with Gasteiger partial charge in [-0.2, -0.15) is 0 Å². The summed E-state index contributed by atoms with van der Waals surface area (Å²) >= 11 is 0. The van der Waals surface area contributed by atoms with E-state index in [0.29, 0.717) is 31.4 Å². The van der Waals surface area contributed by atoms with Crippen molar-refractivity contribution in [1.29, 1.82) is 0 Å². The van der Waals surface area contributed by atoms with Crippen LogP contribution in [0, 0.1) is 0 Å². The highest BCUT2D eigenvalue weighted by atomic mass is 35.5. The number of halogens is 1. The number of ether oxygens (including phenoxy) is 1. The topological polar surface area (TPSA) is 83.6 Å². The van der Waals surface area contributed by atoms with Crippen LogP contribution in [-0.4, -0.2) is 41.9 Å². The lowest BCUT2D eigenvalue weighted by Crippen LogP contribution is -2.24. The molecule has 2 N–H and O–H groups in total. The van der Waals surface area contributed by atoms with Crippen molar-refractivity contribution in [2.75, 3.05) is 25.5 Å². The molecule has 0 aliphatic carbocycles. The minimum Gasteiger partial charge on any atom is -0.493 e. The second kappa shape index (κ2) is 12.4. The summed E-state index contributed by atoms with van der Waals surface area (Å²) in [7, 11) is 1.78. The summed E-state index contributed by atoms with van der Waals surface area (Å²) in [6.07, 6.45) is 5.87. The van der Waals surface area contributed by atoms with Gasteiger partial charge in [0.05, 0.1) is 13.2 Å². The molecule has 178 valence electrons. The van der Waals surface area contributed by atoms with Gasteiger partial charge in [-0.3, -0.25) is 9.59 Å². The zero-order chi connectivity index (χ0) is 23.1. The van der Waals surface area contributed by atoms with E-state index in [-0.39, 0.29) is 30.8 Å². The average Bonchev–Trinajstić information content (AvgIpc) is 2.96. The number of fused-ring (bicyclic) bond motifs is 1. The Kier molecular flexibility index (Phi) is 9.88. The Hall–Kier alpha value is -2.90. The molecule has 2 heterocycles. The number of hydrogen-bond donors (Lipinski definition) is 2. The highest BCUT2D eigenvalue weighted by Gasteiger charge is 2.16. The summed E-state index contributed by atoms with van der Waals surface area (Å²) in [6, 6.07) is 8.05. The Labute approximate surface area is 202 Å². The summed E-state index contributed by atoms with van der Waals surface area (Å²) in [6.45, 7) is 8.28. The smallest absolute Gasteiger partial charge is 0.246 e. The van der Waals surface area contributed by atoms with Crippen molar-refractivity contribution >= 4 is 36.1 Å². The van der Waals surface area contributed by atoms with Gasteiger partial charge in [-0.05, 0) is 35.6 Å². The number of carbonyl (C=O) groups is 2. The van der Waals surface area contributed by atoms with Crippen molar-refractivity contribution in [2.45, 2.75) is 46.2 Å². The van der Waals surface area contributed by atoms with Crippen LogP contribution in [0.4, 0.5) is 5.82 Å². The third kappa shape index (κ3) is 7.04. The Morgan fingerprint density at radius 3 is 2.82 bits per heavy atom. The summed E-state index contributed by atoms with van der Waals surface area (Å²) < 4.78 is 6.06. The van der Waals surface area contributed by atoms with Gasteiger partial charge >= 0.3 is 0 Å². The largest absolute Gasteiger partial charge is 0.493 e. The molecule has 1 aliphatic rings. The van der Waals surface area contributed by atoms with Gasteiger partial charge in [0.25, 0.3) is 0 Å². The molecule has 0 saturated carbocycles. The van der Waals surface area contributed by atoms with Crippen molar-refractivity contribution < 1.29 is 14.3 Å². The van der Waals surface area contributed by atoms with Gasteiger partial charge < -0.3 is 20.3 Å². The first kappa shape index (κ1) is 26.4. The van der Waals surface area contributed by atoms with Crippen LogP contribution in [0.1, 0.15) is 55.4 Å². The number of rotatable bonds is 8. The number of nitrogens with zero attached hydrogens (tertiary/aromatic N) is 2. The molecule has 0 bridgehead atoms. The minimum absolute atomic E-state index is 0. The van der Waals surface area contributed by atoms with Crippen LogP contribution in [0.2, 0.25) is 0 Å². The summed E-state index contributed by atoms with van der Waals surface area (Å²) in [5.74, 6) is 1.56. The molecule has 0 spiro atoms. The number of anilines is 1. The fourth-order valence-corrected chi connectivity index (χ4v) is 3.55. The van der Waals surface area contributed by atoms with E-state index >= 15 is 0 Å². The monoisotopic (exact) mass is 472 g/mol. The first-order valence-corrected chi connectivity index (χ1v) is 11.1. The van der Waals surface area contributed by atoms with Gasteiger partial charge in [0.15, 0.2) is 0 Å². The first-order chi connectivity index (χ1) is 15.4. The Morgan fingerprint density at radius 1 is 1.30 bits per heavy atom. The summed E-state index contributed by atoms with van der Waals surface area (Å²) in [4.78, 5) is 30.4. The van der Waals surface area contributed by atoms with Crippen LogP contribution in [0.5, 0.6) is 5.75 Å². The summed E-state index contributed by atoms with van der Waals surface area (Å²) in [5.41, 5.74) is 3.85. The highest BCUT2D eigenvalue weighted by molar-refractivity contribution is 5.93. The summed E-state index contributed by atoms with van der Waals surface area (Å²) in [5, 5.41) is 5.83. The molecule has 1 aliphatic heterocycles. The number of amides is 2. The molecule has 0 unspecified atom stereocenters. The van der Waals surface area contributed by atoms with E-state index in [1.165, 1.54) is 0 Å². The third-order valence-corrected chi connectivity index (χ3v) is 5.25. The molecule has 1 aromatic carbocycles. The molecule has 2 aromatic rings. The number of nitrogens with one attached hydrogen (secondary N) is 2. The van der Waals surface area contributed by atoms with E-state index in [9.17, 15) is 9.59 Å². The van der Waals surface area contributed by atoms with Gasteiger partial charge in [-0.15, -0.1) is 12.4 Å². The number of benzene rings is 1. The van der Waals surface area contributed by atoms with Gasteiger partial charge in [-0.25, -0.2) is 4.98 Å². The first-order valence-electron chi connectivity index (χ1n) is 11.1. The second-order valence-electron chi connectivity index (χ2n) is 8.29. The number of likely N-dealkylation sites (N-methyl/N-ethyl adjacent to an activating group) is 1. The maximum Gasteiger partial charge on any atom is 0.246 e. The van der Waals surface area contributed by atoms with E-state index in [4.69, 9.17) is 4.74 Å². The van der Waals surface area contributed by atoms with Crippen LogP contribution in [0.3, 0.4) is 0 Å². The molecule has 33 heavy (non-hydrogen) atoms. The van der Waals surface area contributed by atoms with Crippen molar-refractivity contribution in [3.05, 3.63) is 58.8 Å². The molecule has 8 heteroatoms. The Bertz CT molecular complexity index is 1010. The number of hydrogen-bond acceptors (Lipinski definition) is 5.